The van der Waals surface area contributed by atoms with Crippen molar-refractivity contribution in [3.8, 4) is 11.3 Å². The average molecular weight is 447 g/mol. The maximum absolute atomic E-state index is 6.22. The van der Waals surface area contributed by atoms with E-state index in [1.807, 2.05) is 6.07 Å². The van der Waals surface area contributed by atoms with Crippen molar-refractivity contribution >= 4 is 37.6 Å². The Morgan fingerprint density at radius 3 is 2.72 bits per heavy atom. The van der Waals surface area contributed by atoms with Gasteiger partial charge in [-0.2, -0.15) is 0 Å². The summed E-state index contributed by atoms with van der Waals surface area (Å²) in [6, 6.07) is 10.4. The van der Waals surface area contributed by atoms with Crippen LogP contribution in [0.1, 0.15) is 57.6 Å². The number of ether oxygens (including phenoxy) is 1. The zero-order valence-electron chi connectivity index (χ0n) is 19.1. The van der Waals surface area contributed by atoms with Crippen LogP contribution < -0.4 is 5.32 Å². The van der Waals surface area contributed by atoms with Crippen molar-refractivity contribution in [2.24, 2.45) is 0 Å². The molecule has 0 amide bonds. The van der Waals surface area contributed by atoms with Gasteiger partial charge < -0.3 is 10.1 Å². The first-order chi connectivity index (χ1) is 15.6. The van der Waals surface area contributed by atoms with E-state index in [4.69, 9.17) is 14.7 Å². The summed E-state index contributed by atoms with van der Waals surface area (Å²) in [6.45, 7) is 8.07. The summed E-state index contributed by atoms with van der Waals surface area (Å²) in [5.41, 5.74) is 5.47. The molecule has 0 atom stereocenters. The summed E-state index contributed by atoms with van der Waals surface area (Å²) in [5, 5.41) is 4.73. The van der Waals surface area contributed by atoms with Crippen LogP contribution in [0, 0.1) is 0 Å². The van der Waals surface area contributed by atoms with E-state index in [0.29, 0.717) is 6.61 Å². The molecule has 0 unspecified atom stereocenters. The van der Waals surface area contributed by atoms with Crippen molar-refractivity contribution < 1.29 is 4.74 Å². The van der Waals surface area contributed by atoms with Gasteiger partial charge in [0.15, 0.2) is 0 Å². The molecule has 1 aliphatic heterocycles. The Kier molecular flexibility index (Phi) is 5.82. The van der Waals surface area contributed by atoms with Gasteiger partial charge in [-0.15, -0.1) is 11.3 Å². The van der Waals surface area contributed by atoms with E-state index in [-0.39, 0.29) is 5.60 Å². The monoisotopic (exact) mass is 446 g/mol. The van der Waals surface area contributed by atoms with Gasteiger partial charge in [-0.25, -0.2) is 15.0 Å². The lowest BCUT2D eigenvalue weighted by atomic mass is 9.88. The highest BCUT2D eigenvalue weighted by Gasteiger charge is 2.32. The van der Waals surface area contributed by atoms with Gasteiger partial charge >= 0.3 is 0 Å². The molecule has 5 nitrogen and oxygen atoms in total. The molecule has 0 saturated carbocycles. The van der Waals surface area contributed by atoms with E-state index < -0.39 is 0 Å². The van der Waals surface area contributed by atoms with Crippen molar-refractivity contribution in [2.45, 2.75) is 65.1 Å². The van der Waals surface area contributed by atoms with Crippen molar-refractivity contribution in [2.75, 3.05) is 11.9 Å². The number of hydrogen-bond acceptors (Lipinski definition) is 6. The van der Waals surface area contributed by atoms with Crippen LogP contribution in [-0.4, -0.2) is 27.1 Å². The molecule has 5 rings (SSSR count). The average Bonchev–Trinajstić information content (AvgIpc) is 3.18. The highest BCUT2D eigenvalue weighted by Crippen LogP contribution is 2.43. The molecule has 0 radical (unpaired) electrons. The van der Waals surface area contributed by atoms with Crippen LogP contribution in [0.2, 0.25) is 0 Å². The fraction of sp³-hybridized carbons (Fsp3) is 0.423. The van der Waals surface area contributed by atoms with Crippen molar-refractivity contribution in [1.82, 2.24) is 15.0 Å². The number of pyridine rings is 1. The topological polar surface area (TPSA) is 59.9 Å². The molecule has 4 aromatic rings. The van der Waals surface area contributed by atoms with Gasteiger partial charge in [-0.05, 0) is 25.8 Å². The maximum Gasteiger partial charge on any atom is 0.147 e. The molecule has 1 aliphatic rings. The smallest absolute Gasteiger partial charge is 0.147 e. The zero-order valence-corrected chi connectivity index (χ0v) is 19.9. The first kappa shape index (κ1) is 21.3. The standard InChI is InChI=1S/C26H30N4OS/c1-4-5-6-10-13-27-24-23-22(28-16-29-24)20-18-14-26(2,3)31-15-19(18)21(30-25(20)32-23)17-11-8-7-9-12-17/h7-9,11-12,16H,4-6,10,13-15H2,1-3H3,(H,27,28,29). The van der Waals surface area contributed by atoms with Gasteiger partial charge in [0.25, 0.3) is 0 Å². The molecule has 6 heteroatoms. The Balaban J connectivity index is 1.65. The number of anilines is 1. The molecular formula is C26H30N4OS. The number of fused-ring (bicyclic) bond motifs is 5. The molecule has 1 N–H and O–H groups in total. The first-order valence-corrected chi connectivity index (χ1v) is 12.4. The number of unbranched alkanes of at least 4 members (excludes halogenated alkanes) is 3. The summed E-state index contributed by atoms with van der Waals surface area (Å²) >= 11 is 1.70. The highest BCUT2D eigenvalue weighted by atomic mass is 32.1. The maximum atomic E-state index is 6.22. The van der Waals surface area contributed by atoms with Crippen LogP contribution in [0.15, 0.2) is 36.7 Å². The molecule has 4 heterocycles. The van der Waals surface area contributed by atoms with E-state index in [1.54, 1.807) is 17.7 Å². The molecule has 0 bridgehead atoms. The second-order valence-corrected chi connectivity index (χ2v) is 10.2. The minimum atomic E-state index is -0.211. The van der Waals surface area contributed by atoms with E-state index >= 15 is 0 Å². The van der Waals surface area contributed by atoms with Gasteiger partial charge in [-0.3, -0.25) is 0 Å². The molecule has 32 heavy (non-hydrogen) atoms. The molecule has 0 saturated heterocycles. The second kappa shape index (κ2) is 8.75. The van der Waals surface area contributed by atoms with E-state index in [0.717, 1.165) is 51.5 Å². The predicted molar refractivity (Wildman–Crippen MR) is 133 cm³/mol. The Hall–Kier alpha value is -2.57. The molecule has 0 spiro atoms. The zero-order chi connectivity index (χ0) is 22.1. The van der Waals surface area contributed by atoms with Crippen LogP contribution in [0.3, 0.4) is 0 Å². The van der Waals surface area contributed by atoms with E-state index in [2.05, 4.69) is 55.3 Å². The largest absolute Gasteiger partial charge is 0.370 e. The number of aromatic nitrogens is 3. The lowest BCUT2D eigenvalue weighted by molar-refractivity contribution is -0.0394. The minimum absolute atomic E-state index is 0.211. The normalized spacial score (nSPS) is 15.2. The SMILES string of the molecule is CCCCCCNc1ncnc2c1sc1nc(-c3ccccc3)c3c(c12)CC(C)(C)OC3. The Morgan fingerprint density at radius 1 is 1.06 bits per heavy atom. The first-order valence-electron chi connectivity index (χ1n) is 11.6. The molecule has 166 valence electrons. The van der Waals surface area contributed by atoms with Gasteiger partial charge in [0, 0.05) is 29.5 Å². The lowest BCUT2D eigenvalue weighted by Gasteiger charge is -2.33. The third-order valence-electron chi connectivity index (χ3n) is 6.20. The Bertz CT molecular complexity index is 1250. The molecule has 3 aromatic heterocycles. The Labute approximate surface area is 193 Å². The fourth-order valence-corrected chi connectivity index (χ4v) is 5.65. The third-order valence-corrected chi connectivity index (χ3v) is 7.28. The number of rotatable bonds is 7. The van der Waals surface area contributed by atoms with Crippen molar-refractivity contribution in [3.05, 3.63) is 47.8 Å². The van der Waals surface area contributed by atoms with Crippen LogP contribution in [0.25, 0.3) is 31.7 Å². The fourth-order valence-electron chi connectivity index (χ4n) is 4.53. The van der Waals surface area contributed by atoms with Crippen LogP contribution in [-0.2, 0) is 17.8 Å². The molecular weight excluding hydrogens is 416 g/mol. The lowest BCUT2D eigenvalue weighted by Crippen LogP contribution is -2.32. The number of hydrogen-bond donors (Lipinski definition) is 1. The van der Waals surface area contributed by atoms with Crippen LogP contribution >= 0.6 is 11.3 Å². The van der Waals surface area contributed by atoms with Gasteiger partial charge in [0.1, 0.15) is 17.0 Å². The quantitative estimate of drug-likeness (QED) is 0.318. The molecule has 0 fully saturated rings. The summed E-state index contributed by atoms with van der Waals surface area (Å²) in [7, 11) is 0. The number of thiophene rings is 1. The second-order valence-electron chi connectivity index (χ2n) is 9.18. The number of nitrogens with one attached hydrogen (secondary N) is 1. The number of benzene rings is 1. The highest BCUT2D eigenvalue weighted by molar-refractivity contribution is 7.26. The minimum Gasteiger partial charge on any atom is -0.370 e. The van der Waals surface area contributed by atoms with Crippen LogP contribution in [0.4, 0.5) is 5.82 Å². The van der Waals surface area contributed by atoms with Crippen LogP contribution in [0.5, 0.6) is 0 Å². The van der Waals surface area contributed by atoms with Crippen molar-refractivity contribution in [3.63, 3.8) is 0 Å². The van der Waals surface area contributed by atoms with Gasteiger partial charge in [-0.1, -0.05) is 56.5 Å². The summed E-state index contributed by atoms with van der Waals surface area (Å²) in [6.07, 6.45) is 7.45. The summed E-state index contributed by atoms with van der Waals surface area (Å²) < 4.78 is 7.32. The molecule has 0 aliphatic carbocycles. The van der Waals surface area contributed by atoms with Gasteiger partial charge in [0.05, 0.1) is 28.1 Å². The summed E-state index contributed by atoms with van der Waals surface area (Å²) in [5.74, 6) is 0.927. The predicted octanol–water partition coefficient (Wildman–Crippen LogP) is 6.75. The van der Waals surface area contributed by atoms with E-state index in [1.165, 1.54) is 35.8 Å². The Morgan fingerprint density at radius 2 is 1.91 bits per heavy atom. The molecule has 1 aromatic carbocycles. The van der Waals surface area contributed by atoms with E-state index in [9.17, 15) is 0 Å². The third kappa shape index (κ3) is 3.97. The van der Waals surface area contributed by atoms with Crippen molar-refractivity contribution in [1.29, 1.82) is 0 Å². The number of nitrogens with zero attached hydrogens (tertiary/aromatic N) is 3. The van der Waals surface area contributed by atoms with Gasteiger partial charge in [0.2, 0.25) is 0 Å². The summed E-state index contributed by atoms with van der Waals surface area (Å²) in [4.78, 5) is 15.5.